The second kappa shape index (κ2) is 8.37. The number of halogens is 1. The van der Waals surface area contributed by atoms with Gasteiger partial charge < -0.3 is 4.55 Å². The molecule has 2 aromatic carbocycles. The number of ketones is 1. The summed E-state index contributed by atoms with van der Waals surface area (Å²) in [7, 11) is -4.99. The third-order valence-electron chi connectivity index (χ3n) is 9.10. The van der Waals surface area contributed by atoms with Gasteiger partial charge in [-0.2, -0.15) is 0 Å². The number of hydrogen-bond donors (Lipinski definition) is 0. The molecule has 0 aliphatic heterocycles. The fraction of sp³-hybridized carbons (Fsp3) is 0.567. The molecule has 0 heterocycles. The molecule has 0 amide bonds. The van der Waals surface area contributed by atoms with Gasteiger partial charge in [0.25, 0.3) is 0 Å². The van der Waals surface area contributed by atoms with Crippen LogP contribution in [0.1, 0.15) is 91.8 Å². The van der Waals surface area contributed by atoms with E-state index in [0.717, 1.165) is 12.7 Å². The molecule has 4 nitrogen and oxygen atoms in total. The first-order valence-electron chi connectivity index (χ1n) is 12.7. The highest BCUT2D eigenvalue weighted by atomic mass is 127. The summed E-state index contributed by atoms with van der Waals surface area (Å²) in [4.78, 5) is 14.2. The Bertz CT molecular complexity index is 1310. The third kappa shape index (κ3) is 3.92. The normalized spacial score (nSPS) is 28.1. The first-order valence-corrected chi connectivity index (χ1v) is 16.3. The SMILES string of the molecule is CC(C)(C)c1ccc([I+]c2ccc(C(C)(C)C)cc2C2(S(=O)(=O)[O-])C(=O)C3(C)CCC2C3(C)C)cc1. The van der Waals surface area contributed by atoms with Gasteiger partial charge in [0.1, 0.15) is 10.1 Å². The Morgan fingerprint density at radius 2 is 1.42 bits per heavy atom. The van der Waals surface area contributed by atoms with Crippen LogP contribution in [0.5, 0.6) is 0 Å². The summed E-state index contributed by atoms with van der Waals surface area (Å²) in [6, 6.07) is 14.4. The molecule has 3 unspecified atom stereocenters. The van der Waals surface area contributed by atoms with Gasteiger partial charge in [0.2, 0.25) is 0 Å². The molecule has 4 rings (SSSR count). The summed E-state index contributed by atoms with van der Waals surface area (Å²) in [5.41, 5.74) is 0.982. The highest BCUT2D eigenvalue weighted by Crippen LogP contribution is 2.71. The Morgan fingerprint density at radius 3 is 1.86 bits per heavy atom. The van der Waals surface area contributed by atoms with E-state index >= 15 is 0 Å². The molecule has 36 heavy (non-hydrogen) atoms. The van der Waals surface area contributed by atoms with Crippen molar-refractivity contribution in [2.75, 3.05) is 0 Å². The van der Waals surface area contributed by atoms with Gasteiger partial charge in [0, 0.05) is 11.0 Å². The van der Waals surface area contributed by atoms with Crippen molar-refractivity contribution in [1.29, 1.82) is 0 Å². The van der Waals surface area contributed by atoms with E-state index in [1.54, 1.807) is 0 Å². The maximum Gasteiger partial charge on any atom is 0.358 e. The van der Waals surface area contributed by atoms with Crippen molar-refractivity contribution in [3.8, 4) is 0 Å². The zero-order valence-corrected chi connectivity index (χ0v) is 25.9. The number of carbonyl (C=O) groups is 1. The Labute approximate surface area is 227 Å². The molecule has 2 saturated carbocycles. The molecule has 2 fully saturated rings. The average molecular weight is 623 g/mol. The summed E-state index contributed by atoms with van der Waals surface area (Å²) >= 11 is -0.824. The third-order valence-corrected chi connectivity index (χ3v) is 13.4. The van der Waals surface area contributed by atoms with E-state index in [1.165, 1.54) is 5.56 Å². The molecule has 0 saturated heterocycles. The van der Waals surface area contributed by atoms with Crippen LogP contribution in [0, 0.1) is 23.9 Å². The highest BCUT2D eigenvalue weighted by molar-refractivity contribution is 7.87. The monoisotopic (exact) mass is 622 g/mol. The maximum absolute atomic E-state index is 14.2. The van der Waals surface area contributed by atoms with Crippen molar-refractivity contribution < 1.29 is 39.0 Å². The van der Waals surface area contributed by atoms with Crippen molar-refractivity contribution in [1.82, 2.24) is 0 Å². The lowest BCUT2D eigenvalue weighted by Crippen LogP contribution is -3.61. The molecule has 0 aromatic heterocycles. The van der Waals surface area contributed by atoms with E-state index in [1.807, 2.05) is 39.0 Å². The largest absolute Gasteiger partial charge is 0.747 e. The van der Waals surface area contributed by atoms with Crippen LogP contribution in [-0.4, -0.2) is 18.8 Å². The minimum Gasteiger partial charge on any atom is -0.747 e. The second-order valence-corrected chi connectivity index (χ2v) is 18.0. The van der Waals surface area contributed by atoms with Crippen molar-refractivity contribution in [2.45, 2.75) is 90.7 Å². The van der Waals surface area contributed by atoms with Gasteiger partial charge >= 0.3 is 21.2 Å². The Balaban J connectivity index is 1.97. The standard InChI is InChI=1S/C30H39IO4S/c1-26(2,3)19-10-13-21(14-11-19)31-23-15-12-20(27(4,5)6)18-22(23)30(36(33,34)35)24-16-17-29(9,25(30)32)28(24,7)8/h10-15,18,24H,16-17H2,1-9H3. The number of Topliss-reactive ketones (excluding diaryl/α,β-unsaturated/α-hetero) is 1. The number of hydrogen-bond acceptors (Lipinski definition) is 4. The van der Waals surface area contributed by atoms with E-state index < -0.39 is 58.6 Å². The molecule has 196 valence electrons. The van der Waals surface area contributed by atoms with Crippen molar-refractivity contribution >= 4 is 15.9 Å². The summed E-state index contributed by atoms with van der Waals surface area (Å²) in [6.07, 6.45) is 1.19. The van der Waals surface area contributed by atoms with E-state index in [4.69, 9.17) is 0 Å². The van der Waals surface area contributed by atoms with Crippen molar-refractivity contribution in [3.05, 3.63) is 66.3 Å². The van der Waals surface area contributed by atoms with Gasteiger partial charge in [-0.15, -0.1) is 0 Å². The summed E-state index contributed by atoms with van der Waals surface area (Å²) in [5.74, 6) is -0.933. The summed E-state index contributed by atoms with van der Waals surface area (Å²) < 4.78 is 40.0. The van der Waals surface area contributed by atoms with Gasteiger partial charge in [0.15, 0.2) is 17.7 Å². The summed E-state index contributed by atoms with van der Waals surface area (Å²) in [6.45, 7) is 18.5. The van der Waals surface area contributed by atoms with Gasteiger partial charge in [-0.1, -0.05) is 80.5 Å². The lowest BCUT2D eigenvalue weighted by atomic mass is 9.70. The lowest BCUT2D eigenvalue weighted by molar-refractivity contribution is -0.598. The fourth-order valence-electron chi connectivity index (χ4n) is 6.41. The Hall–Kier alpha value is -1.25. The zero-order valence-electron chi connectivity index (χ0n) is 23.0. The number of rotatable bonds is 4. The topological polar surface area (TPSA) is 74.3 Å². The van der Waals surface area contributed by atoms with Crippen LogP contribution in [0.3, 0.4) is 0 Å². The van der Waals surface area contributed by atoms with Crippen LogP contribution < -0.4 is 21.2 Å². The predicted molar refractivity (Wildman–Crippen MR) is 139 cm³/mol. The Morgan fingerprint density at radius 1 is 0.889 bits per heavy atom. The second-order valence-electron chi connectivity index (χ2n) is 13.5. The van der Waals surface area contributed by atoms with Gasteiger partial charge in [0.05, 0.1) is 0 Å². The lowest BCUT2D eigenvalue weighted by Gasteiger charge is -2.40. The predicted octanol–water partition coefficient (Wildman–Crippen LogP) is 3.18. The number of fused-ring (bicyclic) bond motifs is 2. The molecule has 2 aromatic rings. The molecule has 6 heteroatoms. The van der Waals surface area contributed by atoms with E-state index in [0.29, 0.717) is 18.4 Å². The quantitative estimate of drug-likeness (QED) is 0.388. The highest BCUT2D eigenvalue weighted by Gasteiger charge is 2.76. The first kappa shape index (κ1) is 27.8. The molecular weight excluding hydrogens is 583 g/mol. The van der Waals surface area contributed by atoms with Crippen LogP contribution in [0.2, 0.25) is 0 Å². The molecule has 2 aliphatic carbocycles. The maximum atomic E-state index is 14.2. The van der Waals surface area contributed by atoms with Crippen LogP contribution in [0.25, 0.3) is 0 Å². The molecule has 3 atom stereocenters. The van der Waals surface area contributed by atoms with Crippen LogP contribution in [-0.2, 0) is 30.5 Å². The smallest absolute Gasteiger partial charge is 0.358 e. The molecular formula is C30H39IO4S. The number of carbonyl (C=O) groups excluding carboxylic acids is 1. The molecule has 0 spiro atoms. The number of benzene rings is 2. The van der Waals surface area contributed by atoms with E-state index in [-0.39, 0.29) is 10.8 Å². The van der Waals surface area contributed by atoms with E-state index in [2.05, 4.69) is 65.8 Å². The molecule has 0 radical (unpaired) electrons. The van der Waals surface area contributed by atoms with Crippen LogP contribution in [0.15, 0.2) is 42.5 Å². The minimum atomic E-state index is -4.99. The summed E-state index contributed by atoms with van der Waals surface area (Å²) in [5, 5.41) is 0. The minimum absolute atomic E-state index is 0.0353. The zero-order chi connectivity index (χ0) is 27.1. The molecule has 0 N–H and O–H groups in total. The van der Waals surface area contributed by atoms with Gasteiger partial charge in [-0.05, 0) is 70.4 Å². The molecule has 2 bridgehead atoms. The van der Waals surface area contributed by atoms with Gasteiger partial charge in [-0.3, -0.25) is 4.79 Å². The Kier molecular flexibility index (Phi) is 6.46. The average Bonchev–Trinajstić information content (AvgIpc) is 3.04. The fourth-order valence-corrected chi connectivity index (χ4v) is 10.9. The first-order chi connectivity index (χ1) is 16.3. The van der Waals surface area contributed by atoms with Crippen LogP contribution >= 0.6 is 0 Å². The van der Waals surface area contributed by atoms with E-state index in [9.17, 15) is 17.8 Å². The van der Waals surface area contributed by atoms with Crippen molar-refractivity contribution in [3.63, 3.8) is 0 Å². The van der Waals surface area contributed by atoms with Crippen LogP contribution in [0.4, 0.5) is 0 Å². The molecule has 2 aliphatic rings. The van der Waals surface area contributed by atoms with Gasteiger partial charge in [-0.25, -0.2) is 8.42 Å². The van der Waals surface area contributed by atoms with Crippen molar-refractivity contribution in [2.24, 2.45) is 16.7 Å².